The molecule has 25 heavy (non-hydrogen) atoms. The van der Waals surface area contributed by atoms with Crippen LogP contribution in [0.2, 0.25) is 0 Å². The van der Waals surface area contributed by atoms with Gasteiger partial charge in [-0.15, -0.1) is 0 Å². The molecule has 4 amide bonds. The Morgan fingerprint density at radius 2 is 1.64 bits per heavy atom. The molecule has 1 saturated heterocycles. The van der Waals surface area contributed by atoms with Gasteiger partial charge in [0.25, 0.3) is 11.8 Å². The zero-order valence-electron chi connectivity index (χ0n) is 14.2. The van der Waals surface area contributed by atoms with E-state index in [-0.39, 0.29) is 30.2 Å². The average molecular weight is 458 g/mol. The van der Waals surface area contributed by atoms with Crippen LogP contribution in [0.4, 0.5) is 4.79 Å². The Bertz CT molecular complexity index is 732. The molecule has 1 aliphatic rings. The molecular weight excluding hydrogens is 439 g/mol. The lowest BCUT2D eigenvalue weighted by atomic mass is 10.1. The standard InChI is InChI=1S/C17H19IN2O5/c1-4-19-15(22)11(16(23)20(5-2)17(19)24)7-10-8-12(18)14(21)13(9-10)25-6-3/h7-9,21H,4-6H2,1-3H3. The SMILES string of the molecule is CCOc1cc(C=C2C(=O)N(CC)C(=O)N(CC)C2=O)cc(I)c1O. The van der Waals surface area contributed by atoms with Crippen LogP contribution < -0.4 is 4.74 Å². The maximum Gasteiger partial charge on any atom is 0.333 e. The number of ether oxygens (including phenoxy) is 1. The van der Waals surface area contributed by atoms with Crippen LogP contribution in [-0.4, -0.2) is 52.4 Å². The van der Waals surface area contributed by atoms with Crippen molar-refractivity contribution < 1.29 is 24.2 Å². The third-order valence-electron chi connectivity index (χ3n) is 3.71. The van der Waals surface area contributed by atoms with Gasteiger partial charge in [-0.3, -0.25) is 19.4 Å². The van der Waals surface area contributed by atoms with Gasteiger partial charge in [-0.05, 0) is 67.1 Å². The quantitative estimate of drug-likeness (QED) is 0.417. The van der Waals surface area contributed by atoms with E-state index in [0.29, 0.717) is 15.7 Å². The number of imide groups is 2. The van der Waals surface area contributed by atoms with Crippen molar-refractivity contribution in [3.63, 3.8) is 0 Å². The maximum atomic E-state index is 12.5. The summed E-state index contributed by atoms with van der Waals surface area (Å²) in [7, 11) is 0. The van der Waals surface area contributed by atoms with Crippen LogP contribution in [0.3, 0.4) is 0 Å². The van der Waals surface area contributed by atoms with E-state index in [1.165, 1.54) is 6.08 Å². The molecule has 0 aromatic heterocycles. The first-order chi connectivity index (χ1) is 11.8. The molecule has 1 aromatic carbocycles. The number of urea groups is 1. The summed E-state index contributed by atoms with van der Waals surface area (Å²) < 4.78 is 5.90. The Labute approximate surface area is 159 Å². The number of barbiturate groups is 1. The second kappa shape index (κ2) is 7.85. The van der Waals surface area contributed by atoms with Crippen molar-refractivity contribution in [2.75, 3.05) is 19.7 Å². The highest BCUT2D eigenvalue weighted by molar-refractivity contribution is 14.1. The highest BCUT2D eigenvalue weighted by atomic mass is 127. The summed E-state index contributed by atoms with van der Waals surface area (Å²) in [6.07, 6.45) is 1.42. The van der Waals surface area contributed by atoms with E-state index < -0.39 is 17.8 Å². The van der Waals surface area contributed by atoms with Gasteiger partial charge < -0.3 is 9.84 Å². The first-order valence-electron chi connectivity index (χ1n) is 7.90. The average Bonchev–Trinajstić information content (AvgIpc) is 2.57. The van der Waals surface area contributed by atoms with E-state index >= 15 is 0 Å². The molecule has 0 saturated carbocycles. The lowest BCUT2D eigenvalue weighted by Gasteiger charge is -2.32. The molecule has 0 bridgehead atoms. The third kappa shape index (κ3) is 3.63. The molecule has 0 aliphatic carbocycles. The zero-order chi connectivity index (χ0) is 18.7. The molecule has 0 radical (unpaired) electrons. The number of rotatable bonds is 5. The van der Waals surface area contributed by atoms with Gasteiger partial charge in [0.15, 0.2) is 11.5 Å². The van der Waals surface area contributed by atoms with Crippen LogP contribution in [0.25, 0.3) is 6.08 Å². The molecule has 1 fully saturated rings. The second-order valence-electron chi connectivity index (χ2n) is 5.22. The fourth-order valence-corrected chi connectivity index (χ4v) is 3.12. The number of aromatic hydroxyl groups is 1. The number of carbonyl (C=O) groups is 3. The molecule has 1 N–H and O–H groups in total. The molecule has 0 spiro atoms. The normalized spacial score (nSPS) is 15.0. The molecule has 8 heteroatoms. The van der Waals surface area contributed by atoms with Crippen LogP contribution in [0, 0.1) is 3.57 Å². The summed E-state index contributed by atoms with van der Waals surface area (Å²) in [4.78, 5) is 39.3. The van der Waals surface area contributed by atoms with Crippen molar-refractivity contribution >= 4 is 46.5 Å². The van der Waals surface area contributed by atoms with Crippen molar-refractivity contribution in [1.82, 2.24) is 9.80 Å². The fourth-order valence-electron chi connectivity index (χ4n) is 2.49. The van der Waals surface area contributed by atoms with Crippen molar-refractivity contribution in [3.8, 4) is 11.5 Å². The minimum absolute atomic E-state index is 0.00597. The van der Waals surface area contributed by atoms with E-state index in [0.717, 1.165) is 9.80 Å². The first kappa shape index (κ1) is 19.2. The van der Waals surface area contributed by atoms with Gasteiger partial charge in [0.05, 0.1) is 10.2 Å². The van der Waals surface area contributed by atoms with Crippen molar-refractivity contribution in [2.45, 2.75) is 20.8 Å². The minimum atomic E-state index is -0.622. The van der Waals surface area contributed by atoms with E-state index in [1.807, 2.05) is 22.6 Å². The van der Waals surface area contributed by atoms with E-state index in [9.17, 15) is 19.5 Å². The predicted octanol–water partition coefficient (Wildman–Crippen LogP) is 2.61. The van der Waals surface area contributed by atoms with E-state index in [1.54, 1.807) is 32.9 Å². The summed E-state index contributed by atoms with van der Waals surface area (Å²) in [5.74, 6) is -0.967. The van der Waals surface area contributed by atoms with Gasteiger partial charge in [-0.1, -0.05) is 0 Å². The van der Waals surface area contributed by atoms with Crippen LogP contribution in [-0.2, 0) is 9.59 Å². The predicted molar refractivity (Wildman–Crippen MR) is 100 cm³/mol. The zero-order valence-corrected chi connectivity index (χ0v) is 16.4. The summed E-state index contributed by atoms with van der Waals surface area (Å²) in [5, 5.41) is 10.0. The topological polar surface area (TPSA) is 87.2 Å². The molecule has 7 nitrogen and oxygen atoms in total. The van der Waals surface area contributed by atoms with Gasteiger partial charge >= 0.3 is 6.03 Å². The number of phenolic OH excluding ortho intramolecular Hbond substituents is 1. The Morgan fingerprint density at radius 3 is 2.12 bits per heavy atom. The van der Waals surface area contributed by atoms with Gasteiger partial charge in [0.1, 0.15) is 5.57 Å². The third-order valence-corrected chi connectivity index (χ3v) is 4.53. The van der Waals surface area contributed by atoms with Crippen LogP contribution in [0.5, 0.6) is 11.5 Å². The van der Waals surface area contributed by atoms with Crippen LogP contribution in [0.15, 0.2) is 17.7 Å². The smallest absolute Gasteiger partial charge is 0.333 e. The lowest BCUT2D eigenvalue weighted by Crippen LogP contribution is -2.56. The summed E-state index contributed by atoms with van der Waals surface area (Å²) in [5.41, 5.74) is 0.441. The number of carbonyl (C=O) groups excluding carboxylic acids is 3. The van der Waals surface area contributed by atoms with Crippen LogP contribution in [0.1, 0.15) is 26.3 Å². The molecule has 2 rings (SSSR count). The monoisotopic (exact) mass is 458 g/mol. The van der Waals surface area contributed by atoms with Gasteiger partial charge in [0, 0.05) is 13.1 Å². The summed E-state index contributed by atoms with van der Waals surface area (Å²) in [6, 6.07) is 2.58. The Hall–Kier alpha value is -2.10. The summed E-state index contributed by atoms with van der Waals surface area (Å²) >= 11 is 1.94. The van der Waals surface area contributed by atoms with Gasteiger partial charge in [-0.25, -0.2) is 4.79 Å². The fraction of sp³-hybridized carbons (Fsp3) is 0.353. The first-order valence-corrected chi connectivity index (χ1v) is 8.98. The number of hydrogen-bond acceptors (Lipinski definition) is 5. The summed E-state index contributed by atoms with van der Waals surface area (Å²) in [6.45, 7) is 5.85. The lowest BCUT2D eigenvalue weighted by molar-refractivity contribution is -0.135. The molecule has 134 valence electrons. The largest absolute Gasteiger partial charge is 0.504 e. The highest BCUT2D eigenvalue weighted by Crippen LogP contribution is 2.34. The number of halogens is 1. The van der Waals surface area contributed by atoms with Crippen molar-refractivity contribution in [2.24, 2.45) is 0 Å². The number of likely N-dealkylation sites (N-methyl/N-ethyl adjacent to an activating group) is 2. The number of phenols is 1. The number of amides is 4. The van der Waals surface area contributed by atoms with Gasteiger partial charge in [-0.2, -0.15) is 0 Å². The molecular formula is C17H19IN2O5. The number of nitrogens with zero attached hydrogens (tertiary/aromatic N) is 2. The minimum Gasteiger partial charge on any atom is -0.504 e. The number of benzene rings is 1. The van der Waals surface area contributed by atoms with Gasteiger partial charge in [0.2, 0.25) is 0 Å². The molecule has 1 aromatic rings. The maximum absolute atomic E-state index is 12.5. The second-order valence-corrected chi connectivity index (χ2v) is 6.38. The number of hydrogen-bond donors (Lipinski definition) is 1. The molecule has 0 atom stereocenters. The Morgan fingerprint density at radius 1 is 1.08 bits per heavy atom. The van der Waals surface area contributed by atoms with Crippen molar-refractivity contribution in [1.29, 1.82) is 0 Å². The van der Waals surface area contributed by atoms with E-state index in [2.05, 4.69) is 0 Å². The van der Waals surface area contributed by atoms with E-state index in [4.69, 9.17) is 4.74 Å². The highest BCUT2D eigenvalue weighted by Gasteiger charge is 2.40. The molecule has 0 unspecified atom stereocenters. The van der Waals surface area contributed by atoms with Crippen molar-refractivity contribution in [3.05, 3.63) is 26.8 Å². The Kier molecular flexibility index (Phi) is 6.04. The molecule has 1 heterocycles. The Balaban J connectivity index is 2.53. The molecule has 1 aliphatic heterocycles. The van der Waals surface area contributed by atoms with Crippen LogP contribution >= 0.6 is 22.6 Å².